The molecule has 12 heteroatoms. The zero-order chi connectivity index (χ0) is 24.6. The molecule has 0 bridgehead atoms. The SMILES string of the molecule is O=c1oc2ccc(F)c(F)c2cc1CO[C@@H]1C(O)[C@@H](Sc2ccc(Cl)c(Cl)c2)OC(CO)[C@@H]1O. The summed E-state index contributed by atoms with van der Waals surface area (Å²) in [5, 5.41) is 31.3. The van der Waals surface area contributed by atoms with E-state index in [0.717, 1.165) is 30.0 Å². The minimum Gasteiger partial charge on any atom is -0.422 e. The van der Waals surface area contributed by atoms with E-state index in [1.807, 2.05) is 0 Å². The van der Waals surface area contributed by atoms with E-state index < -0.39 is 60.3 Å². The summed E-state index contributed by atoms with van der Waals surface area (Å²) in [7, 11) is 0. The van der Waals surface area contributed by atoms with Gasteiger partial charge < -0.3 is 29.2 Å². The van der Waals surface area contributed by atoms with Crippen LogP contribution in [0, 0.1) is 11.6 Å². The zero-order valence-corrected chi connectivity index (χ0v) is 19.5. The molecular weight excluding hydrogens is 517 g/mol. The van der Waals surface area contributed by atoms with Gasteiger partial charge in [-0.2, -0.15) is 0 Å². The van der Waals surface area contributed by atoms with Crippen LogP contribution in [0.4, 0.5) is 8.78 Å². The van der Waals surface area contributed by atoms with Gasteiger partial charge in [0.15, 0.2) is 11.6 Å². The molecule has 4 rings (SSSR count). The van der Waals surface area contributed by atoms with Crippen LogP contribution in [0.15, 0.2) is 50.5 Å². The molecule has 182 valence electrons. The average molecular weight is 535 g/mol. The molecule has 3 N–H and O–H groups in total. The van der Waals surface area contributed by atoms with Crippen LogP contribution in [-0.2, 0) is 16.1 Å². The Labute approximate surface area is 205 Å². The fourth-order valence-electron chi connectivity index (χ4n) is 3.49. The Morgan fingerprint density at radius 1 is 1.06 bits per heavy atom. The van der Waals surface area contributed by atoms with Crippen LogP contribution in [0.25, 0.3) is 11.0 Å². The minimum absolute atomic E-state index is 0.141. The molecule has 34 heavy (non-hydrogen) atoms. The summed E-state index contributed by atoms with van der Waals surface area (Å²) in [6.45, 7) is -1.07. The number of thioether (sulfide) groups is 1. The van der Waals surface area contributed by atoms with Gasteiger partial charge in [-0.1, -0.05) is 35.0 Å². The molecule has 0 amide bonds. The minimum atomic E-state index is -1.45. The third kappa shape index (κ3) is 5.09. The maximum atomic E-state index is 14.1. The molecular formula is C22H18Cl2F2O7S. The first kappa shape index (κ1) is 25.3. The van der Waals surface area contributed by atoms with Gasteiger partial charge in [0.2, 0.25) is 0 Å². The van der Waals surface area contributed by atoms with E-state index in [9.17, 15) is 28.9 Å². The second kappa shape index (κ2) is 10.5. The predicted molar refractivity (Wildman–Crippen MR) is 121 cm³/mol. The third-order valence-electron chi connectivity index (χ3n) is 5.27. The molecule has 5 atom stereocenters. The molecule has 0 saturated carbocycles. The van der Waals surface area contributed by atoms with Crippen LogP contribution < -0.4 is 5.63 Å². The second-order valence-corrected chi connectivity index (χ2v) is 9.49. The maximum Gasteiger partial charge on any atom is 0.341 e. The van der Waals surface area contributed by atoms with E-state index in [1.54, 1.807) is 18.2 Å². The van der Waals surface area contributed by atoms with Gasteiger partial charge >= 0.3 is 5.63 Å². The molecule has 2 heterocycles. The number of hydrogen-bond donors (Lipinski definition) is 3. The van der Waals surface area contributed by atoms with E-state index in [-0.39, 0.29) is 21.6 Å². The largest absolute Gasteiger partial charge is 0.422 e. The monoisotopic (exact) mass is 534 g/mol. The van der Waals surface area contributed by atoms with Crippen LogP contribution >= 0.6 is 35.0 Å². The number of aliphatic hydroxyl groups is 3. The lowest BCUT2D eigenvalue weighted by molar-refractivity contribution is -0.223. The molecule has 1 aliphatic rings. The second-order valence-electron chi connectivity index (χ2n) is 7.51. The van der Waals surface area contributed by atoms with Crippen molar-refractivity contribution in [2.75, 3.05) is 6.61 Å². The first-order valence-electron chi connectivity index (χ1n) is 9.96. The Balaban J connectivity index is 1.56. The average Bonchev–Trinajstić information content (AvgIpc) is 2.81. The van der Waals surface area contributed by atoms with E-state index in [2.05, 4.69) is 0 Å². The van der Waals surface area contributed by atoms with Crippen molar-refractivity contribution in [1.29, 1.82) is 0 Å². The Bertz CT molecular complexity index is 1260. The van der Waals surface area contributed by atoms with Crippen molar-refractivity contribution in [3.8, 4) is 0 Å². The topological polar surface area (TPSA) is 109 Å². The van der Waals surface area contributed by atoms with E-state index in [4.69, 9.17) is 37.1 Å². The molecule has 1 aromatic heterocycles. The Morgan fingerprint density at radius 2 is 1.82 bits per heavy atom. The molecule has 3 aromatic rings. The lowest BCUT2D eigenvalue weighted by Gasteiger charge is -2.41. The summed E-state index contributed by atoms with van der Waals surface area (Å²) in [4.78, 5) is 12.9. The van der Waals surface area contributed by atoms with Crippen molar-refractivity contribution >= 4 is 45.9 Å². The van der Waals surface area contributed by atoms with Gasteiger partial charge in [0.25, 0.3) is 0 Å². The highest BCUT2D eigenvalue weighted by atomic mass is 35.5. The predicted octanol–water partition coefficient (Wildman–Crippen LogP) is 3.49. The van der Waals surface area contributed by atoms with Gasteiger partial charge in [-0.05, 0) is 36.4 Å². The summed E-state index contributed by atoms with van der Waals surface area (Å²) in [6.07, 6.45) is -5.25. The molecule has 2 unspecified atom stereocenters. The smallest absolute Gasteiger partial charge is 0.341 e. The molecule has 7 nitrogen and oxygen atoms in total. The van der Waals surface area contributed by atoms with Crippen molar-refractivity contribution in [2.45, 2.75) is 41.4 Å². The first-order valence-corrected chi connectivity index (χ1v) is 11.6. The van der Waals surface area contributed by atoms with E-state index in [1.165, 1.54) is 0 Å². The number of halogens is 4. The Hall–Kier alpha value is -1.76. The lowest BCUT2D eigenvalue weighted by atomic mass is 10.00. The van der Waals surface area contributed by atoms with Crippen molar-refractivity contribution in [3.05, 3.63) is 74.1 Å². The van der Waals surface area contributed by atoms with Crippen LogP contribution in [-0.4, -0.2) is 51.8 Å². The van der Waals surface area contributed by atoms with Gasteiger partial charge in [-0.25, -0.2) is 13.6 Å². The van der Waals surface area contributed by atoms with Gasteiger partial charge in [0.1, 0.15) is 35.4 Å². The van der Waals surface area contributed by atoms with Crippen molar-refractivity contribution in [2.24, 2.45) is 0 Å². The quantitative estimate of drug-likeness (QED) is 0.412. The van der Waals surface area contributed by atoms with Crippen LogP contribution in [0.5, 0.6) is 0 Å². The number of fused-ring (bicyclic) bond motifs is 1. The summed E-state index contributed by atoms with van der Waals surface area (Å²) in [5.74, 6) is -2.30. The molecule has 1 saturated heterocycles. The summed E-state index contributed by atoms with van der Waals surface area (Å²) in [5.41, 5.74) is -2.13. The van der Waals surface area contributed by atoms with E-state index in [0.29, 0.717) is 9.92 Å². The van der Waals surface area contributed by atoms with Crippen molar-refractivity contribution in [1.82, 2.24) is 0 Å². The van der Waals surface area contributed by atoms with Gasteiger partial charge in [-0.3, -0.25) is 0 Å². The summed E-state index contributed by atoms with van der Waals surface area (Å²) >= 11 is 13.0. The van der Waals surface area contributed by atoms with Crippen LogP contribution in [0.1, 0.15) is 5.56 Å². The van der Waals surface area contributed by atoms with Gasteiger partial charge in [0.05, 0.1) is 34.2 Å². The molecule has 2 aromatic carbocycles. The van der Waals surface area contributed by atoms with E-state index >= 15 is 0 Å². The summed E-state index contributed by atoms with van der Waals surface area (Å²) < 4.78 is 43.9. The standard InChI is InChI=1S/C22H18Cl2F2O7S/c23-12-2-1-10(6-13(12)24)34-22-19(29)20(18(28)16(7-27)33-22)31-8-9-5-11-15(32-21(9)30)4-3-14(25)17(11)26/h1-6,16,18-20,22,27-29H,7-8H2/t16?,18-,19?,20-,22+/m0/s1. The number of ether oxygens (including phenoxy) is 2. The molecule has 0 radical (unpaired) electrons. The number of rotatable bonds is 6. The Morgan fingerprint density at radius 3 is 2.53 bits per heavy atom. The molecule has 1 fully saturated rings. The number of aliphatic hydroxyl groups excluding tert-OH is 3. The molecule has 0 aliphatic carbocycles. The van der Waals surface area contributed by atoms with Crippen molar-refractivity contribution < 1.29 is 38.0 Å². The molecule has 0 spiro atoms. The normalized spacial score (nSPS) is 25.1. The number of hydrogen-bond acceptors (Lipinski definition) is 8. The van der Waals surface area contributed by atoms with Crippen LogP contribution in [0.2, 0.25) is 10.0 Å². The maximum absolute atomic E-state index is 14.1. The van der Waals surface area contributed by atoms with Crippen molar-refractivity contribution in [3.63, 3.8) is 0 Å². The Kier molecular flexibility index (Phi) is 7.80. The fourth-order valence-corrected chi connectivity index (χ4v) is 4.95. The third-order valence-corrected chi connectivity index (χ3v) is 7.16. The lowest BCUT2D eigenvalue weighted by Crippen LogP contribution is -2.58. The number of benzene rings is 2. The highest BCUT2D eigenvalue weighted by molar-refractivity contribution is 7.99. The zero-order valence-electron chi connectivity index (χ0n) is 17.2. The molecule has 1 aliphatic heterocycles. The van der Waals surface area contributed by atoms with Gasteiger partial charge in [-0.15, -0.1) is 0 Å². The van der Waals surface area contributed by atoms with Crippen LogP contribution in [0.3, 0.4) is 0 Å². The summed E-state index contributed by atoms with van der Waals surface area (Å²) in [6, 6.07) is 7.83. The van der Waals surface area contributed by atoms with Gasteiger partial charge in [0, 0.05) is 4.90 Å². The fraction of sp³-hybridized carbons (Fsp3) is 0.318. The highest BCUT2D eigenvalue weighted by Crippen LogP contribution is 2.37. The highest BCUT2D eigenvalue weighted by Gasteiger charge is 2.45. The first-order chi connectivity index (χ1) is 16.2.